The van der Waals surface area contributed by atoms with Crippen molar-refractivity contribution in [3.05, 3.63) is 36.5 Å². The zero-order valence-corrected chi connectivity index (χ0v) is 6.16. The van der Waals surface area contributed by atoms with E-state index in [4.69, 9.17) is 0 Å². The first kappa shape index (κ1) is 8.89. The predicted molar refractivity (Wildman–Crippen MR) is 43.8 cm³/mol. The third-order valence-corrected chi connectivity index (χ3v) is 0.945. The number of aldehydes is 1. The minimum atomic E-state index is 0.764. The van der Waals surface area contributed by atoms with Crippen LogP contribution in [0.25, 0.3) is 0 Å². The van der Waals surface area contributed by atoms with Crippen molar-refractivity contribution in [3.8, 4) is 0 Å². The average molecular weight is 136 g/mol. The Morgan fingerprint density at radius 1 is 1.10 bits per heavy atom. The lowest BCUT2D eigenvalue weighted by molar-refractivity contribution is -0.104. The van der Waals surface area contributed by atoms with Gasteiger partial charge in [-0.25, -0.2) is 0 Å². The maximum Gasteiger partial charge on any atom is 0.142 e. The molecule has 0 spiro atoms. The molecule has 1 nitrogen and oxygen atoms in total. The van der Waals surface area contributed by atoms with E-state index in [0.29, 0.717) is 0 Å². The van der Waals surface area contributed by atoms with Crippen molar-refractivity contribution in [2.45, 2.75) is 13.3 Å². The summed E-state index contributed by atoms with van der Waals surface area (Å²) >= 11 is 0. The summed E-state index contributed by atoms with van der Waals surface area (Å²) in [6.45, 7) is 1.98. The van der Waals surface area contributed by atoms with Gasteiger partial charge in [-0.05, 0) is 19.4 Å². The van der Waals surface area contributed by atoms with Crippen LogP contribution in [0.2, 0.25) is 0 Å². The topological polar surface area (TPSA) is 17.1 Å². The SMILES string of the molecule is CC=CCC=CC=CC=O. The predicted octanol–water partition coefficient (Wildman–Crippen LogP) is 2.26. The first-order valence-electron chi connectivity index (χ1n) is 3.30. The molecule has 0 aromatic carbocycles. The molecule has 0 heterocycles. The van der Waals surface area contributed by atoms with Gasteiger partial charge in [0.05, 0.1) is 0 Å². The van der Waals surface area contributed by atoms with Gasteiger partial charge in [0.1, 0.15) is 6.29 Å². The first-order chi connectivity index (χ1) is 4.91. The number of carbonyl (C=O) groups excluding carboxylic acids is 1. The van der Waals surface area contributed by atoms with Crippen molar-refractivity contribution < 1.29 is 4.79 Å². The third kappa shape index (κ3) is 6.89. The van der Waals surface area contributed by atoms with Gasteiger partial charge < -0.3 is 0 Å². The van der Waals surface area contributed by atoms with E-state index >= 15 is 0 Å². The average Bonchev–Trinajstić information content (AvgIpc) is 1.97. The van der Waals surface area contributed by atoms with Gasteiger partial charge in [-0.3, -0.25) is 4.79 Å². The zero-order chi connectivity index (χ0) is 7.66. The van der Waals surface area contributed by atoms with E-state index in [1.165, 1.54) is 6.08 Å². The van der Waals surface area contributed by atoms with Crippen molar-refractivity contribution in [1.29, 1.82) is 0 Å². The lowest BCUT2D eigenvalue weighted by Gasteiger charge is -1.75. The van der Waals surface area contributed by atoms with E-state index in [9.17, 15) is 4.79 Å². The van der Waals surface area contributed by atoms with E-state index in [1.807, 2.05) is 31.2 Å². The van der Waals surface area contributed by atoms with Crippen LogP contribution in [0.4, 0.5) is 0 Å². The summed E-state index contributed by atoms with van der Waals surface area (Å²) in [6.07, 6.45) is 12.8. The fourth-order valence-corrected chi connectivity index (χ4v) is 0.481. The molecule has 54 valence electrons. The number of hydrogen-bond acceptors (Lipinski definition) is 1. The molecular formula is C9H12O. The molecule has 0 aromatic rings. The summed E-state index contributed by atoms with van der Waals surface area (Å²) in [4.78, 5) is 9.76. The van der Waals surface area contributed by atoms with E-state index < -0.39 is 0 Å². The van der Waals surface area contributed by atoms with Crippen molar-refractivity contribution in [3.63, 3.8) is 0 Å². The third-order valence-electron chi connectivity index (χ3n) is 0.945. The van der Waals surface area contributed by atoms with Gasteiger partial charge in [-0.15, -0.1) is 0 Å². The fourth-order valence-electron chi connectivity index (χ4n) is 0.481. The number of allylic oxidation sites excluding steroid dienone is 6. The van der Waals surface area contributed by atoms with Gasteiger partial charge in [-0.1, -0.05) is 30.4 Å². The Bertz CT molecular complexity index is 152. The van der Waals surface area contributed by atoms with Gasteiger partial charge in [0.25, 0.3) is 0 Å². The number of carbonyl (C=O) groups is 1. The van der Waals surface area contributed by atoms with Crippen molar-refractivity contribution in [1.82, 2.24) is 0 Å². The number of hydrogen-bond donors (Lipinski definition) is 0. The molecule has 0 atom stereocenters. The lowest BCUT2D eigenvalue weighted by Crippen LogP contribution is -1.58. The molecular weight excluding hydrogens is 124 g/mol. The Morgan fingerprint density at radius 2 is 1.90 bits per heavy atom. The monoisotopic (exact) mass is 136 g/mol. The van der Waals surface area contributed by atoms with Crippen LogP contribution < -0.4 is 0 Å². The number of rotatable bonds is 4. The molecule has 0 aliphatic heterocycles. The highest BCUT2D eigenvalue weighted by Gasteiger charge is 1.65. The largest absolute Gasteiger partial charge is 0.299 e. The minimum absolute atomic E-state index is 0.764. The van der Waals surface area contributed by atoms with Crippen molar-refractivity contribution in [2.75, 3.05) is 0 Å². The van der Waals surface area contributed by atoms with Crippen LogP contribution in [0.15, 0.2) is 36.5 Å². The molecule has 0 aromatic heterocycles. The summed E-state index contributed by atoms with van der Waals surface area (Å²) in [6, 6.07) is 0. The van der Waals surface area contributed by atoms with Crippen LogP contribution >= 0.6 is 0 Å². The van der Waals surface area contributed by atoms with Crippen LogP contribution in [0.1, 0.15) is 13.3 Å². The van der Waals surface area contributed by atoms with Crippen LogP contribution in [-0.2, 0) is 4.79 Å². The van der Waals surface area contributed by atoms with Gasteiger partial charge in [0, 0.05) is 0 Å². The molecule has 0 saturated carbocycles. The Hall–Kier alpha value is -1.11. The van der Waals surface area contributed by atoms with Gasteiger partial charge in [0.15, 0.2) is 0 Å². The summed E-state index contributed by atoms with van der Waals surface area (Å²) in [5.74, 6) is 0. The highest BCUT2D eigenvalue weighted by Crippen LogP contribution is 1.85. The Labute approximate surface area is 61.8 Å². The molecule has 0 fully saturated rings. The summed E-state index contributed by atoms with van der Waals surface area (Å²) in [5, 5.41) is 0. The van der Waals surface area contributed by atoms with E-state index in [1.54, 1.807) is 6.08 Å². The molecule has 0 aliphatic rings. The molecule has 0 amide bonds. The normalized spacial score (nSPS) is 12.1. The van der Waals surface area contributed by atoms with Crippen molar-refractivity contribution >= 4 is 6.29 Å². The van der Waals surface area contributed by atoms with Crippen LogP contribution in [0.3, 0.4) is 0 Å². The molecule has 10 heavy (non-hydrogen) atoms. The molecule has 0 bridgehead atoms. The highest BCUT2D eigenvalue weighted by molar-refractivity contribution is 5.65. The molecule has 1 heteroatoms. The maximum absolute atomic E-state index is 9.76. The van der Waals surface area contributed by atoms with Gasteiger partial charge in [0.2, 0.25) is 0 Å². The molecule has 0 N–H and O–H groups in total. The fraction of sp³-hybridized carbons (Fsp3) is 0.222. The van der Waals surface area contributed by atoms with Gasteiger partial charge in [-0.2, -0.15) is 0 Å². The van der Waals surface area contributed by atoms with E-state index in [2.05, 4.69) is 0 Å². The second-order valence-corrected chi connectivity index (χ2v) is 1.75. The van der Waals surface area contributed by atoms with E-state index in [-0.39, 0.29) is 0 Å². The van der Waals surface area contributed by atoms with Crippen LogP contribution in [0, 0.1) is 0 Å². The van der Waals surface area contributed by atoms with Gasteiger partial charge >= 0.3 is 0 Å². The molecule has 0 rings (SSSR count). The van der Waals surface area contributed by atoms with Crippen LogP contribution in [0.5, 0.6) is 0 Å². The maximum atomic E-state index is 9.76. The second kappa shape index (κ2) is 7.89. The van der Waals surface area contributed by atoms with Crippen LogP contribution in [-0.4, -0.2) is 6.29 Å². The Kier molecular flexibility index (Phi) is 7.01. The smallest absolute Gasteiger partial charge is 0.142 e. The molecule has 0 unspecified atom stereocenters. The summed E-state index contributed by atoms with van der Waals surface area (Å²) in [5.41, 5.74) is 0. The Balaban J connectivity index is 3.37. The quantitative estimate of drug-likeness (QED) is 0.251. The lowest BCUT2D eigenvalue weighted by atomic mass is 10.3. The molecule has 0 aliphatic carbocycles. The first-order valence-corrected chi connectivity index (χ1v) is 3.30. The second-order valence-electron chi connectivity index (χ2n) is 1.75. The summed E-state index contributed by atoms with van der Waals surface area (Å²) in [7, 11) is 0. The minimum Gasteiger partial charge on any atom is -0.299 e. The van der Waals surface area contributed by atoms with E-state index in [0.717, 1.165) is 12.7 Å². The molecule has 0 radical (unpaired) electrons. The zero-order valence-electron chi connectivity index (χ0n) is 6.16. The Morgan fingerprint density at radius 3 is 2.50 bits per heavy atom. The standard InChI is InChI=1S/C9H12O/c1-2-3-4-5-6-7-8-9-10/h2-3,5-9H,4H2,1H3. The van der Waals surface area contributed by atoms with Crippen molar-refractivity contribution in [2.24, 2.45) is 0 Å². The molecule has 0 saturated heterocycles. The summed E-state index contributed by atoms with van der Waals surface area (Å²) < 4.78 is 0. The highest BCUT2D eigenvalue weighted by atomic mass is 16.1.